The minimum atomic E-state index is 0.705. The van der Waals surface area contributed by atoms with Crippen LogP contribution in [0.4, 0.5) is 5.82 Å². The van der Waals surface area contributed by atoms with Gasteiger partial charge in [0.1, 0.15) is 5.82 Å². The first-order valence-corrected chi connectivity index (χ1v) is 12.3. The second-order valence-corrected chi connectivity index (χ2v) is 9.11. The quantitative estimate of drug-likeness (QED) is 0.555. The van der Waals surface area contributed by atoms with Crippen LogP contribution in [0.25, 0.3) is 0 Å². The van der Waals surface area contributed by atoms with Crippen molar-refractivity contribution in [2.45, 2.75) is 45.6 Å². The number of morpholine rings is 1. The second-order valence-electron chi connectivity index (χ2n) is 9.11. The van der Waals surface area contributed by atoms with Crippen molar-refractivity contribution >= 4 is 11.8 Å². The van der Waals surface area contributed by atoms with Crippen LogP contribution in [-0.4, -0.2) is 86.3 Å². The standard InChI is InChI=1S/C24H40N6O/c1-2-25-24(30-12-8-22(20-30)19-28-13-15-31-16-14-28)27-18-21-7-9-26-23(17-21)29-10-5-3-4-6-11-29/h7,9,17,22H,2-6,8,10-16,18-20H2,1H3,(H,25,27). The van der Waals surface area contributed by atoms with Crippen LogP contribution in [0.2, 0.25) is 0 Å². The molecule has 31 heavy (non-hydrogen) atoms. The van der Waals surface area contributed by atoms with Gasteiger partial charge in [-0.3, -0.25) is 4.90 Å². The highest BCUT2D eigenvalue weighted by atomic mass is 16.5. The number of ether oxygens (including phenoxy) is 1. The summed E-state index contributed by atoms with van der Waals surface area (Å²) in [5, 5.41) is 3.52. The molecule has 172 valence electrons. The fraction of sp³-hybridized carbons (Fsp3) is 0.750. The van der Waals surface area contributed by atoms with Crippen LogP contribution in [0.5, 0.6) is 0 Å². The Morgan fingerprint density at radius 2 is 1.94 bits per heavy atom. The molecule has 0 aliphatic carbocycles. The van der Waals surface area contributed by atoms with E-state index in [1.807, 2.05) is 6.20 Å². The lowest BCUT2D eigenvalue weighted by molar-refractivity contribution is 0.0315. The third-order valence-corrected chi connectivity index (χ3v) is 6.69. The molecule has 1 aromatic rings. The highest BCUT2D eigenvalue weighted by molar-refractivity contribution is 5.80. The Morgan fingerprint density at radius 3 is 2.71 bits per heavy atom. The highest BCUT2D eigenvalue weighted by Crippen LogP contribution is 2.20. The molecule has 3 aliphatic rings. The maximum atomic E-state index is 5.49. The van der Waals surface area contributed by atoms with Crippen molar-refractivity contribution in [3.8, 4) is 0 Å². The first kappa shape index (κ1) is 22.3. The van der Waals surface area contributed by atoms with Gasteiger partial charge in [0, 0.05) is 58.6 Å². The Hall–Kier alpha value is -1.86. The predicted octanol–water partition coefficient (Wildman–Crippen LogP) is 2.58. The summed E-state index contributed by atoms with van der Waals surface area (Å²) >= 11 is 0. The fourth-order valence-electron chi connectivity index (χ4n) is 4.95. The number of rotatable bonds is 6. The van der Waals surface area contributed by atoms with E-state index in [1.54, 1.807) is 0 Å². The van der Waals surface area contributed by atoms with Crippen molar-refractivity contribution in [2.24, 2.45) is 10.9 Å². The van der Waals surface area contributed by atoms with Crippen LogP contribution < -0.4 is 10.2 Å². The van der Waals surface area contributed by atoms with Crippen LogP contribution in [0.15, 0.2) is 23.3 Å². The molecule has 4 rings (SSSR count). The Labute approximate surface area is 187 Å². The molecule has 0 amide bonds. The van der Waals surface area contributed by atoms with Crippen molar-refractivity contribution in [1.29, 1.82) is 0 Å². The maximum absolute atomic E-state index is 5.49. The van der Waals surface area contributed by atoms with Gasteiger partial charge in [-0.15, -0.1) is 0 Å². The first-order valence-electron chi connectivity index (χ1n) is 12.3. The van der Waals surface area contributed by atoms with Gasteiger partial charge in [-0.1, -0.05) is 12.8 Å². The van der Waals surface area contributed by atoms with Crippen molar-refractivity contribution in [3.63, 3.8) is 0 Å². The summed E-state index contributed by atoms with van der Waals surface area (Å²) in [5.74, 6) is 2.89. The van der Waals surface area contributed by atoms with Crippen molar-refractivity contribution < 1.29 is 4.74 Å². The minimum Gasteiger partial charge on any atom is -0.379 e. The molecule has 1 unspecified atom stereocenters. The van der Waals surface area contributed by atoms with Crippen LogP contribution in [-0.2, 0) is 11.3 Å². The van der Waals surface area contributed by atoms with Crippen molar-refractivity contribution in [3.05, 3.63) is 23.9 Å². The first-order chi connectivity index (χ1) is 15.3. The molecule has 7 heteroatoms. The normalized spacial score (nSPS) is 23.8. The number of nitrogens with zero attached hydrogens (tertiary/aromatic N) is 5. The van der Waals surface area contributed by atoms with Gasteiger partial charge in [0.2, 0.25) is 0 Å². The molecular weight excluding hydrogens is 388 g/mol. The average Bonchev–Trinajstić information content (AvgIpc) is 3.09. The number of pyridine rings is 1. The number of likely N-dealkylation sites (tertiary alicyclic amines) is 1. The lowest BCUT2D eigenvalue weighted by Gasteiger charge is -2.29. The summed E-state index contributed by atoms with van der Waals surface area (Å²) in [6, 6.07) is 4.35. The van der Waals surface area contributed by atoms with E-state index in [2.05, 4.69) is 44.1 Å². The number of hydrogen-bond donors (Lipinski definition) is 1. The third kappa shape index (κ3) is 6.56. The SMILES string of the molecule is CCNC(=NCc1ccnc(N2CCCCCC2)c1)N1CCC(CN2CCOCC2)C1. The van der Waals surface area contributed by atoms with Crippen LogP contribution in [0.1, 0.15) is 44.6 Å². The van der Waals surface area contributed by atoms with E-state index in [0.717, 1.165) is 76.7 Å². The van der Waals surface area contributed by atoms with E-state index in [9.17, 15) is 0 Å². The molecule has 1 aromatic heterocycles. The molecule has 3 fully saturated rings. The summed E-state index contributed by atoms with van der Waals surface area (Å²) in [5.41, 5.74) is 1.24. The Morgan fingerprint density at radius 1 is 1.13 bits per heavy atom. The lowest BCUT2D eigenvalue weighted by atomic mass is 10.1. The molecule has 0 spiro atoms. The summed E-state index contributed by atoms with van der Waals surface area (Å²) in [7, 11) is 0. The van der Waals surface area contributed by atoms with Gasteiger partial charge in [-0.2, -0.15) is 0 Å². The van der Waals surface area contributed by atoms with Gasteiger partial charge < -0.3 is 19.9 Å². The Kier molecular flexibility index (Phi) is 8.41. The molecule has 0 bridgehead atoms. The second kappa shape index (κ2) is 11.7. The fourth-order valence-corrected chi connectivity index (χ4v) is 4.95. The summed E-state index contributed by atoms with van der Waals surface area (Å²) in [6.45, 7) is 13.3. The van der Waals surface area contributed by atoms with Gasteiger partial charge in [0.25, 0.3) is 0 Å². The number of hydrogen-bond acceptors (Lipinski definition) is 5. The van der Waals surface area contributed by atoms with Gasteiger partial charge in [0.15, 0.2) is 5.96 Å². The lowest BCUT2D eigenvalue weighted by Crippen LogP contribution is -2.42. The molecule has 0 saturated carbocycles. The van der Waals surface area contributed by atoms with E-state index < -0.39 is 0 Å². The van der Waals surface area contributed by atoms with Gasteiger partial charge >= 0.3 is 0 Å². The molecular formula is C24H40N6O. The van der Waals surface area contributed by atoms with Gasteiger partial charge in [0.05, 0.1) is 19.8 Å². The van der Waals surface area contributed by atoms with E-state index in [4.69, 9.17) is 9.73 Å². The molecule has 0 radical (unpaired) electrons. The van der Waals surface area contributed by atoms with Gasteiger partial charge in [-0.05, 0) is 49.8 Å². The zero-order valence-corrected chi connectivity index (χ0v) is 19.3. The summed E-state index contributed by atoms with van der Waals surface area (Å²) < 4.78 is 5.49. The molecule has 3 aliphatic heterocycles. The monoisotopic (exact) mass is 428 g/mol. The van der Waals surface area contributed by atoms with Crippen LogP contribution in [0, 0.1) is 5.92 Å². The van der Waals surface area contributed by atoms with E-state index >= 15 is 0 Å². The third-order valence-electron chi connectivity index (χ3n) is 6.69. The van der Waals surface area contributed by atoms with Crippen molar-refractivity contribution in [1.82, 2.24) is 20.1 Å². The number of aromatic nitrogens is 1. The topological polar surface area (TPSA) is 56.2 Å². The van der Waals surface area contributed by atoms with Crippen LogP contribution in [0.3, 0.4) is 0 Å². The maximum Gasteiger partial charge on any atom is 0.194 e. The highest BCUT2D eigenvalue weighted by Gasteiger charge is 2.27. The predicted molar refractivity (Wildman–Crippen MR) is 127 cm³/mol. The van der Waals surface area contributed by atoms with Crippen LogP contribution >= 0.6 is 0 Å². The molecule has 7 nitrogen and oxygen atoms in total. The molecule has 0 aromatic carbocycles. The summed E-state index contributed by atoms with van der Waals surface area (Å²) in [6.07, 6.45) is 8.43. The zero-order chi connectivity index (χ0) is 21.3. The average molecular weight is 429 g/mol. The van der Waals surface area contributed by atoms with Crippen molar-refractivity contribution in [2.75, 3.05) is 70.5 Å². The largest absolute Gasteiger partial charge is 0.379 e. The minimum absolute atomic E-state index is 0.705. The number of guanidine groups is 1. The Balaban J connectivity index is 1.35. The van der Waals surface area contributed by atoms with E-state index in [-0.39, 0.29) is 0 Å². The molecule has 4 heterocycles. The zero-order valence-electron chi connectivity index (χ0n) is 19.3. The summed E-state index contributed by atoms with van der Waals surface area (Å²) in [4.78, 5) is 17.1. The van der Waals surface area contributed by atoms with Gasteiger partial charge in [-0.25, -0.2) is 9.98 Å². The molecule has 1 N–H and O–H groups in total. The number of aliphatic imine (C=N–C) groups is 1. The number of anilines is 1. The van der Waals surface area contributed by atoms with E-state index in [1.165, 1.54) is 44.2 Å². The number of nitrogens with one attached hydrogen (secondary N) is 1. The smallest absolute Gasteiger partial charge is 0.194 e. The Bertz CT molecular complexity index is 697. The van der Waals surface area contributed by atoms with E-state index in [0.29, 0.717) is 6.54 Å². The molecule has 1 atom stereocenters. The molecule has 3 saturated heterocycles.